The van der Waals surface area contributed by atoms with Gasteiger partial charge in [-0.25, -0.2) is 4.98 Å². The minimum absolute atomic E-state index is 0.0105. The van der Waals surface area contributed by atoms with Crippen LogP contribution >= 0.6 is 23.2 Å². The molecule has 9 nitrogen and oxygen atoms in total. The maximum absolute atomic E-state index is 12.7. The first-order chi connectivity index (χ1) is 14.5. The molecule has 1 saturated heterocycles. The van der Waals surface area contributed by atoms with E-state index in [0.29, 0.717) is 34.5 Å². The second-order valence-corrected chi connectivity index (χ2v) is 7.92. The molecule has 1 fully saturated rings. The Morgan fingerprint density at radius 1 is 1.20 bits per heavy atom. The molecule has 0 aliphatic carbocycles. The zero-order valence-electron chi connectivity index (χ0n) is 15.8. The standard InChI is InChI=1S/C19H16Cl2N6O3/c1-26-15-17(24-19(26)21)22-9-27(18(15)28)7-14-23-16(25-30-14)11-6-13(29-8-11)10-2-4-12(20)5-3-10/h2-5,9,11,13H,6-8H2,1H3/t11-,13+/m0/s1. The van der Waals surface area contributed by atoms with Gasteiger partial charge >= 0.3 is 0 Å². The molecular formula is C19H16Cl2N6O3. The zero-order valence-corrected chi connectivity index (χ0v) is 17.3. The van der Waals surface area contributed by atoms with Gasteiger partial charge < -0.3 is 13.8 Å². The summed E-state index contributed by atoms with van der Waals surface area (Å²) in [5.74, 6) is 0.889. The lowest BCUT2D eigenvalue weighted by atomic mass is 10.0. The predicted molar refractivity (Wildman–Crippen MR) is 109 cm³/mol. The summed E-state index contributed by atoms with van der Waals surface area (Å²) in [6, 6.07) is 7.60. The van der Waals surface area contributed by atoms with Crippen molar-refractivity contribution < 1.29 is 9.26 Å². The van der Waals surface area contributed by atoms with E-state index < -0.39 is 0 Å². The Kier molecular flexibility index (Phi) is 4.80. The first-order valence-electron chi connectivity index (χ1n) is 9.26. The van der Waals surface area contributed by atoms with Crippen LogP contribution in [-0.2, 0) is 18.3 Å². The van der Waals surface area contributed by atoms with Crippen LogP contribution < -0.4 is 5.56 Å². The maximum Gasteiger partial charge on any atom is 0.280 e. The average molecular weight is 447 g/mol. The predicted octanol–water partition coefficient (Wildman–Crippen LogP) is 3.11. The van der Waals surface area contributed by atoms with E-state index in [4.69, 9.17) is 32.5 Å². The van der Waals surface area contributed by atoms with Gasteiger partial charge in [0.15, 0.2) is 17.0 Å². The SMILES string of the molecule is Cn1c(Cl)nc2ncn(Cc3nc([C@@H]4CO[C@@H](c5ccc(Cl)cc5)C4)no3)c(=O)c21. The Morgan fingerprint density at radius 3 is 2.80 bits per heavy atom. The van der Waals surface area contributed by atoms with Gasteiger partial charge in [-0.2, -0.15) is 9.97 Å². The summed E-state index contributed by atoms with van der Waals surface area (Å²) in [7, 11) is 1.66. The van der Waals surface area contributed by atoms with Crippen molar-refractivity contribution in [2.24, 2.45) is 7.05 Å². The van der Waals surface area contributed by atoms with Crippen LogP contribution in [0.3, 0.4) is 0 Å². The minimum atomic E-state index is -0.284. The van der Waals surface area contributed by atoms with E-state index in [0.717, 1.165) is 12.0 Å². The Morgan fingerprint density at radius 2 is 2.00 bits per heavy atom. The van der Waals surface area contributed by atoms with Crippen LogP contribution in [0.4, 0.5) is 0 Å². The molecule has 0 unspecified atom stereocenters. The maximum atomic E-state index is 12.7. The van der Waals surface area contributed by atoms with Crippen molar-refractivity contribution in [1.29, 1.82) is 0 Å². The fraction of sp³-hybridized carbons (Fsp3) is 0.316. The van der Waals surface area contributed by atoms with Crippen molar-refractivity contribution in [3.05, 3.63) is 68.5 Å². The quantitative estimate of drug-likeness (QED) is 0.443. The molecule has 0 bridgehead atoms. The molecule has 4 heterocycles. The van der Waals surface area contributed by atoms with Crippen LogP contribution in [-0.4, -0.2) is 35.8 Å². The first-order valence-corrected chi connectivity index (χ1v) is 10.0. The van der Waals surface area contributed by atoms with E-state index >= 15 is 0 Å². The second-order valence-electron chi connectivity index (χ2n) is 7.14. The highest BCUT2D eigenvalue weighted by Gasteiger charge is 2.31. The lowest BCUT2D eigenvalue weighted by Gasteiger charge is -2.09. The summed E-state index contributed by atoms with van der Waals surface area (Å²) >= 11 is 11.9. The molecule has 3 aromatic heterocycles. The number of nitrogens with zero attached hydrogens (tertiary/aromatic N) is 6. The summed E-state index contributed by atoms with van der Waals surface area (Å²) < 4.78 is 14.2. The molecule has 30 heavy (non-hydrogen) atoms. The number of rotatable bonds is 4. The number of fused-ring (bicyclic) bond motifs is 1. The monoisotopic (exact) mass is 446 g/mol. The Bertz CT molecular complexity index is 1280. The second kappa shape index (κ2) is 7.50. The van der Waals surface area contributed by atoms with Gasteiger partial charge in [0.05, 0.1) is 12.7 Å². The highest BCUT2D eigenvalue weighted by atomic mass is 35.5. The van der Waals surface area contributed by atoms with E-state index in [9.17, 15) is 4.79 Å². The smallest absolute Gasteiger partial charge is 0.280 e. The lowest BCUT2D eigenvalue weighted by molar-refractivity contribution is 0.110. The van der Waals surface area contributed by atoms with Crippen LogP contribution in [0.2, 0.25) is 10.3 Å². The number of aromatic nitrogens is 6. The van der Waals surface area contributed by atoms with Gasteiger partial charge in [-0.1, -0.05) is 28.9 Å². The molecule has 1 aromatic carbocycles. The number of hydrogen-bond donors (Lipinski definition) is 0. The molecule has 11 heteroatoms. The average Bonchev–Trinajstić information content (AvgIpc) is 3.45. The summed E-state index contributed by atoms with van der Waals surface area (Å²) in [5.41, 5.74) is 1.39. The van der Waals surface area contributed by atoms with Crippen LogP contribution in [0, 0.1) is 0 Å². The number of benzene rings is 1. The van der Waals surface area contributed by atoms with Crippen molar-refractivity contribution in [2.75, 3.05) is 6.61 Å². The number of imidazole rings is 1. The van der Waals surface area contributed by atoms with Crippen LogP contribution in [0.25, 0.3) is 11.2 Å². The van der Waals surface area contributed by atoms with E-state index in [1.54, 1.807) is 7.05 Å². The molecule has 0 radical (unpaired) electrons. The highest BCUT2D eigenvalue weighted by molar-refractivity contribution is 6.30. The topological polar surface area (TPSA) is 101 Å². The first kappa shape index (κ1) is 19.2. The number of halogens is 2. The zero-order chi connectivity index (χ0) is 20.8. The lowest BCUT2D eigenvalue weighted by Crippen LogP contribution is -2.22. The molecule has 1 aliphatic rings. The summed E-state index contributed by atoms with van der Waals surface area (Å²) in [6.07, 6.45) is 2.09. The molecule has 0 amide bonds. The fourth-order valence-corrected chi connectivity index (χ4v) is 3.86. The number of ether oxygens (including phenoxy) is 1. The Balaban J connectivity index is 1.33. The van der Waals surface area contributed by atoms with Crippen molar-refractivity contribution in [3.8, 4) is 0 Å². The molecular weight excluding hydrogens is 431 g/mol. The van der Waals surface area contributed by atoms with Gasteiger partial charge in [0, 0.05) is 18.0 Å². The molecule has 4 aromatic rings. The minimum Gasteiger partial charge on any atom is -0.373 e. The van der Waals surface area contributed by atoms with E-state index in [1.807, 2.05) is 24.3 Å². The molecule has 0 spiro atoms. The third-order valence-electron chi connectivity index (χ3n) is 5.20. The van der Waals surface area contributed by atoms with Crippen LogP contribution in [0.1, 0.15) is 35.7 Å². The fourth-order valence-electron chi connectivity index (χ4n) is 3.57. The van der Waals surface area contributed by atoms with Gasteiger partial charge in [0.25, 0.3) is 5.56 Å². The molecule has 0 saturated carbocycles. The van der Waals surface area contributed by atoms with Crippen LogP contribution in [0.15, 0.2) is 39.9 Å². The van der Waals surface area contributed by atoms with E-state index in [-0.39, 0.29) is 29.4 Å². The van der Waals surface area contributed by atoms with Gasteiger partial charge in [0.1, 0.15) is 12.9 Å². The third kappa shape index (κ3) is 3.38. The van der Waals surface area contributed by atoms with Crippen LogP contribution in [0.5, 0.6) is 0 Å². The molecule has 2 atom stereocenters. The number of hydrogen-bond acceptors (Lipinski definition) is 7. The van der Waals surface area contributed by atoms with E-state index in [1.165, 1.54) is 15.5 Å². The largest absolute Gasteiger partial charge is 0.373 e. The normalized spacial score (nSPS) is 19.0. The Hall–Kier alpha value is -2.75. The van der Waals surface area contributed by atoms with Crippen molar-refractivity contribution >= 4 is 34.4 Å². The van der Waals surface area contributed by atoms with Crippen molar-refractivity contribution in [2.45, 2.75) is 25.0 Å². The van der Waals surface area contributed by atoms with Crippen molar-refractivity contribution in [3.63, 3.8) is 0 Å². The third-order valence-corrected chi connectivity index (χ3v) is 5.79. The number of aryl methyl sites for hydroxylation is 1. The van der Waals surface area contributed by atoms with E-state index in [2.05, 4.69) is 20.1 Å². The van der Waals surface area contributed by atoms with Gasteiger partial charge in [-0.05, 0) is 35.7 Å². The molecule has 154 valence electrons. The summed E-state index contributed by atoms with van der Waals surface area (Å²) in [5, 5.41) is 4.97. The molecule has 5 rings (SSSR count). The summed E-state index contributed by atoms with van der Waals surface area (Å²) in [6.45, 7) is 0.596. The van der Waals surface area contributed by atoms with Gasteiger partial charge in [-0.15, -0.1) is 0 Å². The molecule has 1 aliphatic heterocycles. The van der Waals surface area contributed by atoms with Crippen molar-refractivity contribution in [1.82, 2.24) is 29.2 Å². The Labute approximate surface area is 180 Å². The highest BCUT2D eigenvalue weighted by Crippen LogP contribution is 2.37. The molecule has 0 N–H and O–H groups in total. The van der Waals surface area contributed by atoms with Gasteiger partial charge in [-0.3, -0.25) is 9.36 Å². The van der Waals surface area contributed by atoms with Gasteiger partial charge in [0.2, 0.25) is 11.2 Å². The summed E-state index contributed by atoms with van der Waals surface area (Å²) in [4.78, 5) is 25.4.